The molecule has 112 valence electrons. The van der Waals surface area contributed by atoms with Crippen molar-refractivity contribution < 1.29 is 4.92 Å². The van der Waals surface area contributed by atoms with Crippen molar-refractivity contribution >= 4 is 27.5 Å². The second-order valence-corrected chi connectivity index (χ2v) is 5.09. The number of H-pyrrole nitrogens is 1. The molecule has 7 nitrogen and oxygen atoms in total. The fraction of sp³-hybridized carbons (Fsp3) is 0. The molecule has 2 aromatic carbocycles. The van der Waals surface area contributed by atoms with Gasteiger partial charge in [0, 0.05) is 22.9 Å². The number of pyridine rings is 1. The molecule has 2 aromatic heterocycles. The maximum Gasteiger partial charge on any atom is 0.269 e. The number of fused-ring (bicyclic) bond motifs is 3. The maximum atomic E-state index is 12.8. The number of nitrogens with zero attached hydrogens (tertiary/aromatic N) is 3. The molecule has 4 aromatic rings. The van der Waals surface area contributed by atoms with E-state index in [1.807, 2.05) is 12.1 Å². The van der Waals surface area contributed by atoms with Crippen LogP contribution in [0.4, 0.5) is 5.69 Å². The van der Waals surface area contributed by atoms with Gasteiger partial charge < -0.3 is 0 Å². The number of aromatic amines is 1. The first-order chi connectivity index (χ1) is 11.2. The van der Waals surface area contributed by atoms with Gasteiger partial charge in [-0.3, -0.25) is 24.6 Å². The summed E-state index contributed by atoms with van der Waals surface area (Å²) in [4.78, 5) is 23.1. The number of aromatic nitrogens is 3. The van der Waals surface area contributed by atoms with Crippen molar-refractivity contribution in [1.29, 1.82) is 0 Å². The van der Waals surface area contributed by atoms with Crippen LogP contribution in [0.1, 0.15) is 0 Å². The number of nitro benzene ring substituents is 1. The molecule has 0 aliphatic carbocycles. The molecule has 0 atom stereocenters. The second kappa shape index (κ2) is 4.77. The highest BCUT2D eigenvalue weighted by Crippen LogP contribution is 2.23. The van der Waals surface area contributed by atoms with Gasteiger partial charge in [-0.15, -0.1) is 0 Å². The molecule has 0 spiro atoms. The van der Waals surface area contributed by atoms with Gasteiger partial charge in [0.15, 0.2) is 0 Å². The fourth-order valence-corrected chi connectivity index (χ4v) is 2.74. The quantitative estimate of drug-likeness (QED) is 0.455. The first-order valence-electron chi connectivity index (χ1n) is 6.88. The molecule has 0 fully saturated rings. The Morgan fingerprint density at radius 3 is 2.39 bits per heavy atom. The van der Waals surface area contributed by atoms with Crippen LogP contribution < -0.4 is 5.56 Å². The van der Waals surface area contributed by atoms with Crippen molar-refractivity contribution in [3.63, 3.8) is 0 Å². The summed E-state index contributed by atoms with van der Waals surface area (Å²) in [6, 6.07) is 13.1. The molecule has 0 saturated heterocycles. The van der Waals surface area contributed by atoms with Gasteiger partial charge in [-0.05, 0) is 23.6 Å². The molecule has 1 N–H and O–H groups in total. The van der Waals surface area contributed by atoms with Crippen molar-refractivity contribution in [3.8, 4) is 5.69 Å². The Morgan fingerprint density at radius 1 is 1.00 bits per heavy atom. The third-order valence-corrected chi connectivity index (χ3v) is 3.81. The zero-order valence-corrected chi connectivity index (χ0v) is 11.8. The summed E-state index contributed by atoms with van der Waals surface area (Å²) < 4.78 is 1.48. The van der Waals surface area contributed by atoms with Gasteiger partial charge in [0.25, 0.3) is 11.2 Å². The Bertz CT molecular complexity index is 1110. The van der Waals surface area contributed by atoms with E-state index in [4.69, 9.17) is 0 Å². The van der Waals surface area contributed by atoms with Crippen molar-refractivity contribution in [1.82, 2.24) is 14.8 Å². The van der Waals surface area contributed by atoms with E-state index in [-0.39, 0.29) is 11.2 Å². The topological polar surface area (TPSA) is 93.8 Å². The van der Waals surface area contributed by atoms with E-state index in [9.17, 15) is 14.9 Å². The average Bonchev–Trinajstić information content (AvgIpc) is 3.05. The smallest absolute Gasteiger partial charge is 0.268 e. The molecule has 0 unspecified atom stereocenters. The average molecular weight is 306 g/mol. The van der Waals surface area contributed by atoms with E-state index in [0.29, 0.717) is 16.7 Å². The van der Waals surface area contributed by atoms with Crippen molar-refractivity contribution in [2.75, 3.05) is 0 Å². The number of nitrogens with one attached hydrogen (secondary N) is 1. The summed E-state index contributed by atoms with van der Waals surface area (Å²) in [6.07, 6.45) is 1.67. The number of rotatable bonds is 2. The monoisotopic (exact) mass is 306 g/mol. The van der Waals surface area contributed by atoms with Gasteiger partial charge in [0.1, 0.15) is 5.65 Å². The maximum absolute atomic E-state index is 12.8. The first kappa shape index (κ1) is 13.2. The van der Waals surface area contributed by atoms with Crippen LogP contribution in [0.5, 0.6) is 0 Å². The van der Waals surface area contributed by atoms with Crippen LogP contribution >= 0.6 is 0 Å². The molecule has 7 heteroatoms. The minimum absolute atomic E-state index is 0.0246. The molecule has 0 aliphatic rings. The van der Waals surface area contributed by atoms with Gasteiger partial charge in [0.2, 0.25) is 0 Å². The van der Waals surface area contributed by atoms with E-state index in [1.165, 1.54) is 16.7 Å². The zero-order valence-electron chi connectivity index (χ0n) is 11.8. The summed E-state index contributed by atoms with van der Waals surface area (Å²) in [6.45, 7) is 0. The lowest BCUT2D eigenvalue weighted by atomic mass is 10.1. The standard InChI is InChI=1S/C16H10N4O3/c21-16-13-4-2-1-3-12(13)14-9-17-18-15(14)19(16)10-5-7-11(8-6-10)20(22)23/h1-9H,(H,17,18). The summed E-state index contributed by atoms with van der Waals surface area (Å²) in [5.74, 6) is 0. The minimum Gasteiger partial charge on any atom is -0.268 e. The lowest BCUT2D eigenvalue weighted by Gasteiger charge is -2.09. The third kappa shape index (κ3) is 1.90. The molecule has 0 saturated carbocycles. The van der Waals surface area contributed by atoms with Crippen LogP contribution in [-0.4, -0.2) is 19.7 Å². The third-order valence-electron chi connectivity index (χ3n) is 3.81. The first-order valence-corrected chi connectivity index (χ1v) is 6.88. The van der Waals surface area contributed by atoms with E-state index in [1.54, 1.807) is 30.5 Å². The molecule has 4 rings (SSSR count). The highest BCUT2D eigenvalue weighted by atomic mass is 16.6. The molecular weight excluding hydrogens is 296 g/mol. The van der Waals surface area contributed by atoms with Crippen LogP contribution in [0.25, 0.3) is 27.5 Å². The number of nitro groups is 1. The lowest BCUT2D eigenvalue weighted by molar-refractivity contribution is -0.384. The van der Waals surface area contributed by atoms with Crippen LogP contribution in [0.2, 0.25) is 0 Å². The fourth-order valence-electron chi connectivity index (χ4n) is 2.74. The number of non-ortho nitro benzene ring substituents is 1. The zero-order chi connectivity index (χ0) is 16.0. The Labute approximate surface area is 128 Å². The Balaban J connectivity index is 2.09. The SMILES string of the molecule is O=c1c2ccccc2c2cn[nH]c2n1-c1ccc([N+](=O)[O-])cc1. The second-order valence-electron chi connectivity index (χ2n) is 5.09. The predicted octanol–water partition coefficient (Wildman–Crippen LogP) is 2.78. The number of benzene rings is 2. The van der Waals surface area contributed by atoms with Crippen LogP contribution in [0.15, 0.2) is 59.5 Å². The van der Waals surface area contributed by atoms with Gasteiger partial charge in [-0.2, -0.15) is 5.10 Å². The van der Waals surface area contributed by atoms with Crippen molar-refractivity contribution in [2.24, 2.45) is 0 Å². The Morgan fingerprint density at radius 2 is 1.70 bits per heavy atom. The molecule has 0 bridgehead atoms. The van der Waals surface area contributed by atoms with E-state index in [2.05, 4.69) is 10.2 Å². The van der Waals surface area contributed by atoms with Crippen molar-refractivity contribution in [3.05, 3.63) is 75.2 Å². The summed E-state index contributed by atoms with van der Waals surface area (Å²) in [5, 5.41) is 19.9. The number of hydrogen-bond donors (Lipinski definition) is 1. The van der Waals surface area contributed by atoms with Crippen LogP contribution in [-0.2, 0) is 0 Å². The van der Waals surface area contributed by atoms with E-state index in [0.717, 1.165) is 10.8 Å². The molecule has 23 heavy (non-hydrogen) atoms. The minimum atomic E-state index is -0.473. The van der Waals surface area contributed by atoms with E-state index < -0.39 is 4.92 Å². The molecule has 2 heterocycles. The summed E-state index contributed by atoms with van der Waals surface area (Å²) in [7, 11) is 0. The predicted molar refractivity (Wildman–Crippen MR) is 85.9 cm³/mol. The van der Waals surface area contributed by atoms with Crippen LogP contribution in [0.3, 0.4) is 0 Å². The molecular formula is C16H10N4O3. The molecule has 0 aliphatic heterocycles. The molecule has 0 radical (unpaired) electrons. The van der Waals surface area contributed by atoms with Crippen molar-refractivity contribution in [2.45, 2.75) is 0 Å². The Kier molecular flexibility index (Phi) is 2.74. The highest BCUT2D eigenvalue weighted by molar-refractivity contribution is 6.04. The highest BCUT2D eigenvalue weighted by Gasteiger charge is 2.14. The molecule has 0 amide bonds. The lowest BCUT2D eigenvalue weighted by Crippen LogP contribution is -2.19. The van der Waals surface area contributed by atoms with Crippen LogP contribution in [0, 0.1) is 10.1 Å². The summed E-state index contributed by atoms with van der Waals surface area (Å²) in [5.41, 5.74) is 0.873. The van der Waals surface area contributed by atoms with Gasteiger partial charge >= 0.3 is 0 Å². The normalized spacial score (nSPS) is 11.1. The largest absolute Gasteiger partial charge is 0.269 e. The van der Waals surface area contributed by atoms with Gasteiger partial charge in [-0.25, -0.2) is 0 Å². The summed E-state index contributed by atoms with van der Waals surface area (Å²) >= 11 is 0. The van der Waals surface area contributed by atoms with Gasteiger partial charge in [0.05, 0.1) is 16.8 Å². The van der Waals surface area contributed by atoms with E-state index >= 15 is 0 Å². The Hall–Kier alpha value is -3.48. The van der Waals surface area contributed by atoms with Gasteiger partial charge in [-0.1, -0.05) is 18.2 Å². The number of hydrogen-bond acceptors (Lipinski definition) is 4.